The van der Waals surface area contributed by atoms with E-state index in [1.807, 2.05) is 91.1 Å². The number of carbonyl (C=O) groups excluding carboxylic acids is 4. The van der Waals surface area contributed by atoms with Gasteiger partial charge in [-0.15, -0.1) is 0 Å². The molecule has 4 amide bonds. The van der Waals surface area contributed by atoms with Crippen LogP contribution in [-0.4, -0.2) is 46.7 Å². The highest BCUT2D eigenvalue weighted by atomic mass is 16.2. The van der Waals surface area contributed by atoms with E-state index in [9.17, 15) is 19.2 Å². The normalized spacial score (nSPS) is 15.3. The van der Waals surface area contributed by atoms with E-state index in [-0.39, 0.29) is 31.1 Å². The van der Waals surface area contributed by atoms with Gasteiger partial charge in [-0.25, -0.2) is 0 Å². The van der Waals surface area contributed by atoms with Crippen molar-refractivity contribution >= 4 is 34.5 Å². The SMILES string of the molecule is NC(=O)[C@@H](Cc1ccccc1)NC(=O)[C@@H](Cc1c[nH]c2ccccc12)NC(=O)[C@H](Cc1ccccc1)NC(=O)C1CCCC1. The Hall–Kier alpha value is -4.92. The van der Waals surface area contributed by atoms with Crippen molar-refractivity contribution in [2.24, 2.45) is 11.7 Å². The van der Waals surface area contributed by atoms with Gasteiger partial charge in [-0.1, -0.05) is 91.7 Å². The molecule has 3 aromatic carbocycles. The van der Waals surface area contributed by atoms with E-state index >= 15 is 0 Å². The largest absolute Gasteiger partial charge is 0.368 e. The van der Waals surface area contributed by atoms with Crippen LogP contribution in [0.5, 0.6) is 0 Å². The molecule has 0 bridgehead atoms. The van der Waals surface area contributed by atoms with E-state index < -0.39 is 35.8 Å². The van der Waals surface area contributed by atoms with Gasteiger partial charge in [0.2, 0.25) is 23.6 Å². The van der Waals surface area contributed by atoms with Crippen molar-refractivity contribution in [3.63, 3.8) is 0 Å². The summed E-state index contributed by atoms with van der Waals surface area (Å²) in [4.78, 5) is 56.5. The standard InChI is InChI=1S/C35H39N5O4/c36-32(41)29(19-23-11-3-1-4-12-23)38-35(44)31(21-26-22-37-28-18-10-9-17-27(26)28)40-34(43)30(20-24-13-5-2-6-14-24)39-33(42)25-15-7-8-16-25/h1-6,9-14,17-18,22,25,29-31,37H,7-8,15-16,19-21H2,(H2,36,41)(H,38,44)(H,39,42)(H,40,43)/t29-,30+,31-/m1/s1. The average molecular weight is 594 g/mol. The summed E-state index contributed by atoms with van der Waals surface area (Å²) in [6.07, 6.45) is 6.03. The van der Waals surface area contributed by atoms with Crippen LogP contribution in [-0.2, 0) is 38.4 Å². The number of rotatable bonds is 13. The number of fused-ring (bicyclic) bond motifs is 1. The van der Waals surface area contributed by atoms with Crippen molar-refractivity contribution < 1.29 is 19.2 Å². The molecule has 0 saturated heterocycles. The Labute approximate surface area is 257 Å². The molecule has 0 spiro atoms. The lowest BCUT2D eigenvalue weighted by molar-refractivity contribution is -0.134. The van der Waals surface area contributed by atoms with Gasteiger partial charge in [-0.05, 0) is 35.6 Å². The molecule has 0 radical (unpaired) electrons. The maximum atomic E-state index is 13.9. The molecule has 4 aromatic rings. The second-order valence-electron chi connectivity index (χ2n) is 11.5. The van der Waals surface area contributed by atoms with Crippen LogP contribution >= 0.6 is 0 Å². The molecule has 1 fully saturated rings. The zero-order valence-electron chi connectivity index (χ0n) is 24.6. The van der Waals surface area contributed by atoms with Gasteiger partial charge < -0.3 is 26.7 Å². The molecule has 1 heterocycles. The summed E-state index contributed by atoms with van der Waals surface area (Å²) in [5.41, 5.74) is 9.15. The molecule has 1 saturated carbocycles. The highest BCUT2D eigenvalue weighted by molar-refractivity contribution is 5.95. The molecule has 1 aliphatic rings. The predicted molar refractivity (Wildman–Crippen MR) is 169 cm³/mol. The number of nitrogens with two attached hydrogens (primary N) is 1. The molecule has 0 unspecified atom stereocenters. The van der Waals surface area contributed by atoms with Gasteiger partial charge in [-0.3, -0.25) is 19.2 Å². The van der Waals surface area contributed by atoms with Crippen LogP contribution in [0.2, 0.25) is 0 Å². The summed E-state index contributed by atoms with van der Waals surface area (Å²) in [6, 6.07) is 23.5. The Kier molecular flexibility index (Phi) is 10.1. The first-order valence-electron chi connectivity index (χ1n) is 15.2. The number of aromatic nitrogens is 1. The molecule has 0 aliphatic heterocycles. The minimum atomic E-state index is -1.04. The van der Waals surface area contributed by atoms with E-state index in [1.165, 1.54) is 0 Å². The smallest absolute Gasteiger partial charge is 0.243 e. The highest BCUT2D eigenvalue weighted by Gasteiger charge is 2.32. The second kappa shape index (κ2) is 14.5. The molecule has 9 heteroatoms. The molecular weight excluding hydrogens is 554 g/mol. The van der Waals surface area contributed by atoms with Crippen LogP contribution in [0, 0.1) is 5.92 Å². The number of aromatic amines is 1. The molecule has 9 nitrogen and oxygen atoms in total. The summed E-state index contributed by atoms with van der Waals surface area (Å²) in [5, 5.41) is 9.58. The number of carbonyl (C=O) groups is 4. The van der Waals surface area contributed by atoms with Crippen LogP contribution in [0.15, 0.2) is 91.1 Å². The zero-order chi connectivity index (χ0) is 30.9. The average Bonchev–Trinajstić information content (AvgIpc) is 3.72. The lowest BCUT2D eigenvalue weighted by atomic mass is 10.00. The number of amides is 4. The third-order valence-corrected chi connectivity index (χ3v) is 8.32. The first kappa shape index (κ1) is 30.5. The first-order chi connectivity index (χ1) is 21.4. The number of benzene rings is 3. The Morgan fingerprint density at radius 2 is 1.20 bits per heavy atom. The van der Waals surface area contributed by atoms with Gasteiger partial charge in [0.25, 0.3) is 0 Å². The van der Waals surface area contributed by atoms with Crippen molar-refractivity contribution in [1.29, 1.82) is 0 Å². The fraction of sp³-hybridized carbons (Fsp3) is 0.314. The Morgan fingerprint density at radius 1 is 0.682 bits per heavy atom. The zero-order valence-corrected chi connectivity index (χ0v) is 24.6. The summed E-state index contributed by atoms with van der Waals surface area (Å²) in [6.45, 7) is 0. The fourth-order valence-electron chi connectivity index (χ4n) is 5.88. The molecule has 228 valence electrons. The van der Waals surface area contributed by atoms with E-state index in [4.69, 9.17) is 5.73 Å². The second-order valence-corrected chi connectivity index (χ2v) is 11.5. The lowest BCUT2D eigenvalue weighted by Gasteiger charge is -2.25. The Bertz CT molecular complexity index is 1580. The lowest BCUT2D eigenvalue weighted by Crippen LogP contribution is -2.58. The van der Waals surface area contributed by atoms with Crippen LogP contribution in [0.3, 0.4) is 0 Å². The Balaban J connectivity index is 1.39. The summed E-state index contributed by atoms with van der Waals surface area (Å²) in [7, 11) is 0. The third-order valence-electron chi connectivity index (χ3n) is 8.32. The number of H-pyrrole nitrogens is 1. The first-order valence-corrected chi connectivity index (χ1v) is 15.2. The summed E-state index contributed by atoms with van der Waals surface area (Å²) >= 11 is 0. The van der Waals surface area contributed by atoms with Crippen molar-refractivity contribution in [2.45, 2.75) is 63.1 Å². The van der Waals surface area contributed by atoms with E-state index in [0.717, 1.165) is 53.3 Å². The van der Waals surface area contributed by atoms with Gasteiger partial charge in [0.15, 0.2) is 0 Å². The molecule has 1 aliphatic carbocycles. The van der Waals surface area contributed by atoms with Crippen LogP contribution in [0.25, 0.3) is 10.9 Å². The van der Waals surface area contributed by atoms with Gasteiger partial charge in [-0.2, -0.15) is 0 Å². The van der Waals surface area contributed by atoms with Gasteiger partial charge in [0.05, 0.1) is 0 Å². The maximum absolute atomic E-state index is 13.9. The van der Waals surface area contributed by atoms with Gasteiger partial charge >= 0.3 is 0 Å². The van der Waals surface area contributed by atoms with E-state index in [0.29, 0.717) is 0 Å². The highest BCUT2D eigenvalue weighted by Crippen LogP contribution is 2.25. The van der Waals surface area contributed by atoms with Crippen molar-refractivity contribution in [1.82, 2.24) is 20.9 Å². The van der Waals surface area contributed by atoms with Crippen LogP contribution in [0.1, 0.15) is 42.4 Å². The summed E-state index contributed by atoms with van der Waals surface area (Å²) < 4.78 is 0. The van der Waals surface area contributed by atoms with Crippen molar-refractivity contribution in [3.05, 3.63) is 108 Å². The number of nitrogens with one attached hydrogen (secondary N) is 4. The molecule has 6 N–H and O–H groups in total. The molecular formula is C35H39N5O4. The molecule has 1 aromatic heterocycles. The van der Waals surface area contributed by atoms with E-state index in [2.05, 4.69) is 20.9 Å². The third kappa shape index (κ3) is 7.92. The van der Waals surface area contributed by atoms with Gasteiger partial charge in [0.1, 0.15) is 18.1 Å². The molecule has 44 heavy (non-hydrogen) atoms. The quantitative estimate of drug-likeness (QED) is 0.162. The number of hydrogen-bond acceptors (Lipinski definition) is 4. The minimum absolute atomic E-state index is 0.124. The number of primary amides is 1. The fourth-order valence-corrected chi connectivity index (χ4v) is 5.88. The Morgan fingerprint density at radius 3 is 1.82 bits per heavy atom. The van der Waals surface area contributed by atoms with Gasteiger partial charge in [0, 0.05) is 42.3 Å². The monoisotopic (exact) mass is 593 g/mol. The minimum Gasteiger partial charge on any atom is -0.368 e. The van der Waals surface area contributed by atoms with Crippen molar-refractivity contribution in [3.8, 4) is 0 Å². The topological polar surface area (TPSA) is 146 Å². The van der Waals surface area contributed by atoms with Crippen molar-refractivity contribution in [2.75, 3.05) is 0 Å². The number of para-hydroxylation sites is 1. The maximum Gasteiger partial charge on any atom is 0.243 e. The molecule has 3 atom stereocenters. The predicted octanol–water partition coefficient (Wildman–Crippen LogP) is 3.33. The molecule has 5 rings (SSSR count). The summed E-state index contributed by atoms with van der Waals surface area (Å²) in [5.74, 6) is -1.96. The number of hydrogen-bond donors (Lipinski definition) is 5. The van der Waals surface area contributed by atoms with Crippen LogP contribution < -0.4 is 21.7 Å². The van der Waals surface area contributed by atoms with E-state index in [1.54, 1.807) is 0 Å². The van der Waals surface area contributed by atoms with Crippen LogP contribution in [0.4, 0.5) is 0 Å².